The predicted octanol–water partition coefficient (Wildman–Crippen LogP) is 4.77. The Labute approximate surface area is 175 Å². The lowest BCUT2D eigenvalue weighted by Gasteiger charge is -2.20. The van der Waals surface area contributed by atoms with Crippen molar-refractivity contribution in [2.24, 2.45) is 5.92 Å². The van der Waals surface area contributed by atoms with Crippen LogP contribution in [0.5, 0.6) is 0 Å². The second-order valence-corrected chi connectivity index (χ2v) is 8.28. The van der Waals surface area contributed by atoms with E-state index >= 15 is 0 Å². The summed E-state index contributed by atoms with van der Waals surface area (Å²) in [4.78, 5) is 11.4. The fraction of sp³-hybridized carbons (Fsp3) is 0.545. The Morgan fingerprint density at radius 3 is 2.70 bits per heavy atom. The van der Waals surface area contributed by atoms with Crippen molar-refractivity contribution in [1.29, 1.82) is 0 Å². The number of rotatable bonds is 8. The first-order valence-corrected chi connectivity index (χ1v) is 10.7. The van der Waals surface area contributed by atoms with Crippen molar-refractivity contribution in [2.45, 2.75) is 51.2 Å². The van der Waals surface area contributed by atoms with Gasteiger partial charge in [0.25, 0.3) is 0 Å². The van der Waals surface area contributed by atoms with E-state index in [1.165, 1.54) is 18.9 Å². The molecule has 2 heterocycles. The highest BCUT2D eigenvalue weighted by Gasteiger charge is 2.30. The van der Waals surface area contributed by atoms with Crippen LogP contribution < -0.4 is 15.5 Å². The molecule has 1 aromatic heterocycles. The van der Waals surface area contributed by atoms with Crippen molar-refractivity contribution in [1.82, 2.24) is 15.3 Å². The fourth-order valence-electron chi connectivity index (χ4n) is 3.78. The minimum absolute atomic E-state index is 0.329. The smallest absolute Gasteiger partial charge is 0.355 e. The number of nitrogens with zero attached hydrogens (tertiary/aromatic N) is 3. The highest BCUT2D eigenvalue weighted by atomic mass is 19.4. The van der Waals surface area contributed by atoms with Gasteiger partial charge in [0.2, 0.25) is 5.95 Å². The molecule has 2 aromatic rings. The Balaban J connectivity index is 1.50. The molecule has 0 bridgehead atoms. The third-order valence-electron chi connectivity index (χ3n) is 5.62. The Kier molecular flexibility index (Phi) is 6.13. The van der Waals surface area contributed by atoms with E-state index in [1.54, 1.807) is 6.07 Å². The Morgan fingerprint density at radius 1 is 1.13 bits per heavy atom. The zero-order valence-corrected chi connectivity index (χ0v) is 17.2. The van der Waals surface area contributed by atoms with Gasteiger partial charge < -0.3 is 15.5 Å². The quantitative estimate of drug-likeness (QED) is 0.646. The molecule has 2 N–H and O–H groups in total. The van der Waals surface area contributed by atoms with Crippen molar-refractivity contribution in [2.75, 3.05) is 29.9 Å². The minimum atomic E-state index is -4.38. The maximum Gasteiger partial charge on any atom is 0.416 e. The minimum Gasteiger partial charge on any atom is -0.355 e. The molecule has 1 atom stereocenters. The van der Waals surface area contributed by atoms with E-state index in [4.69, 9.17) is 0 Å². The van der Waals surface area contributed by atoms with E-state index in [9.17, 15) is 13.2 Å². The highest BCUT2D eigenvalue weighted by molar-refractivity contribution is 5.57. The zero-order valence-electron chi connectivity index (χ0n) is 17.2. The van der Waals surface area contributed by atoms with Gasteiger partial charge >= 0.3 is 6.18 Å². The molecule has 2 aliphatic rings. The van der Waals surface area contributed by atoms with Crippen LogP contribution in [0.2, 0.25) is 0 Å². The number of hydrogen-bond acceptors (Lipinski definition) is 5. The van der Waals surface area contributed by atoms with Gasteiger partial charge in [0.1, 0.15) is 5.82 Å². The predicted molar refractivity (Wildman–Crippen MR) is 112 cm³/mol. The highest BCUT2D eigenvalue weighted by Crippen LogP contribution is 2.32. The summed E-state index contributed by atoms with van der Waals surface area (Å²) < 4.78 is 39.1. The molecule has 0 unspecified atom stereocenters. The molecule has 4 rings (SSSR count). The first kappa shape index (κ1) is 20.9. The molecule has 8 heteroatoms. The van der Waals surface area contributed by atoms with Crippen LogP contribution in [0.1, 0.15) is 43.9 Å². The normalized spacial score (nSPS) is 19.3. The lowest BCUT2D eigenvalue weighted by atomic mass is 10.2. The van der Waals surface area contributed by atoms with E-state index in [2.05, 4.69) is 32.4 Å². The van der Waals surface area contributed by atoms with Crippen molar-refractivity contribution in [3.05, 3.63) is 41.6 Å². The van der Waals surface area contributed by atoms with Gasteiger partial charge in [-0.3, -0.25) is 0 Å². The third kappa shape index (κ3) is 5.41. The van der Waals surface area contributed by atoms with Crippen LogP contribution >= 0.6 is 0 Å². The van der Waals surface area contributed by atoms with Gasteiger partial charge in [0, 0.05) is 36.6 Å². The van der Waals surface area contributed by atoms with E-state index in [0.717, 1.165) is 68.5 Å². The van der Waals surface area contributed by atoms with E-state index < -0.39 is 11.7 Å². The number of alkyl halides is 3. The van der Waals surface area contributed by atoms with Crippen LogP contribution in [-0.2, 0) is 12.6 Å². The van der Waals surface area contributed by atoms with Crippen molar-refractivity contribution in [3.8, 4) is 0 Å². The molecule has 1 saturated carbocycles. The van der Waals surface area contributed by atoms with E-state index in [1.807, 2.05) is 6.07 Å². The van der Waals surface area contributed by atoms with Gasteiger partial charge in [-0.15, -0.1) is 0 Å². The summed E-state index contributed by atoms with van der Waals surface area (Å²) in [6.07, 6.45) is 1.08. The summed E-state index contributed by atoms with van der Waals surface area (Å²) in [5, 5.41) is 6.62. The van der Waals surface area contributed by atoms with Gasteiger partial charge in [-0.05, 0) is 56.3 Å². The summed E-state index contributed by atoms with van der Waals surface area (Å²) in [7, 11) is 0. The van der Waals surface area contributed by atoms with Crippen molar-refractivity contribution >= 4 is 17.5 Å². The van der Waals surface area contributed by atoms with Gasteiger partial charge in [-0.25, -0.2) is 4.98 Å². The number of aryl methyl sites for hydroxylation is 1. The molecule has 1 aliphatic heterocycles. The lowest BCUT2D eigenvalue weighted by Crippen LogP contribution is -2.34. The molecular weight excluding hydrogens is 391 g/mol. The number of aromatic nitrogens is 2. The molecule has 5 nitrogen and oxygen atoms in total. The van der Waals surface area contributed by atoms with Gasteiger partial charge in [0.05, 0.1) is 5.56 Å². The van der Waals surface area contributed by atoms with Crippen LogP contribution in [0.15, 0.2) is 30.3 Å². The molecule has 2 fully saturated rings. The maximum absolute atomic E-state index is 13.0. The summed E-state index contributed by atoms with van der Waals surface area (Å²) in [6.45, 7) is 4.97. The monoisotopic (exact) mass is 419 g/mol. The summed E-state index contributed by atoms with van der Waals surface area (Å²) >= 11 is 0. The second kappa shape index (κ2) is 8.79. The first-order valence-electron chi connectivity index (χ1n) is 10.7. The molecule has 1 saturated heterocycles. The fourth-order valence-corrected chi connectivity index (χ4v) is 3.78. The number of anilines is 3. The van der Waals surface area contributed by atoms with Crippen molar-refractivity contribution in [3.63, 3.8) is 0 Å². The molecule has 0 radical (unpaired) electrons. The van der Waals surface area contributed by atoms with E-state index in [0.29, 0.717) is 17.7 Å². The second-order valence-electron chi connectivity index (χ2n) is 8.28. The SMILES string of the molecule is CCCc1cc(N2CC[C@H](NCC3CC3)C2)nc(Nc2cccc(C(F)(F)F)c2)n1. The lowest BCUT2D eigenvalue weighted by molar-refractivity contribution is -0.137. The van der Waals surface area contributed by atoms with Crippen LogP contribution in [0.4, 0.5) is 30.6 Å². The number of nitrogens with one attached hydrogen (secondary N) is 2. The van der Waals surface area contributed by atoms with Gasteiger partial charge in [0.15, 0.2) is 0 Å². The first-order chi connectivity index (χ1) is 14.4. The third-order valence-corrected chi connectivity index (χ3v) is 5.62. The largest absolute Gasteiger partial charge is 0.416 e. The average Bonchev–Trinajstić information content (AvgIpc) is 3.41. The number of hydrogen-bond donors (Lipinski definition) is 2. The van der Waals surface area contributed by atoms with Crippen LogP contribution in [-0.4, -0.2) is 35.6 Å². The van der Waals surface area contributed by atoms with E-state index in [-0.39, 0.29) is 0 Å². The van der Waals surface area contributed by atoms with Gasteiger partial charge in [-0.2, -0.15) is 18.2 Å². The van der Waals surface area contributed by atoms with Crippen molar-refractivity contribution < 1.29 is 13.2 Å². The Bertz CT molecular complexity index is 866. The zero-order chi connectivity index (χ0) is 21.1. The summed E-state index contributed by atoms with van der Waals surface area (Å²) in [6, 6.07) is 7.59. The molecular formula is C22H28F3N5. The van der Waals surface area contributed by atoms with Crippen LogP contribution in [0.25, 0.3) is 0 Å². The molecule has 1 aromatic carbocycles. The molecule has 1 aliphatic carbocycles. The molecule has 30 heavy (non-hydrogen) atoms. The van der Waals surface area contributed by atoms with Crippen LogP contribution in [0.3, 0.4) is 0 Å². The number of halogens is 3. The Hall–Kier alpha value is -2.35. The molecule has 162 valence electrons. The number of benzene rings is 1. The standard InChI is InChI=1S/C22H28F3N5/c1-2-4-17-12-20(30-10-9-19(14-30)26-13-15-7-8-15)29-21(27-17)28-18-6-3-5-16(11-18)22(23,24)25/h3,5-6,11-12,15,19,26H,2,4,7-10,13-14H2,1H3,(H,27,28,29)/t19-/m0/s1. The molecule has 0 spiro atoms. The van der Waals surface area contributed by atoms with Gasteiger partial charge in [-0.1, -0.05) is 19.4 Å². The topological polar surface area (TPSA) is 53.1 Å². The summed E-state index contributed by atoms with van der Waals surface area (Å²) in [5.41, 5.74) is 0.530. The maximum atomic E-state index is 13.0. The van der Waals surface area contributed by atoms with Crippen LogP contribution in [0, 0.1) is 5.92 Å². The summed E-state index contributed by atoms with van der Waals surface area (Å²) in [5.74, 6) is 2.01. The molecule has 0 amide bonds. The average molecular weight is 419 g/mol. The Morgan fingerprint density at radius 2 is 1.97 bits per heavy atom.